The summed E-state index contributed by atoms with van der Waals surface area (Å²) in [6.45, 7) is 35.4. The van der Waals surface area contributed by atoms with Gasteiger partial charge in [0, 0.05) is 45.3 Å². The van der Waals surface area contributed by atoms with Crippen molar-refractivity contribution in [3.63, 3.8) is 0 Å². The fourth-order valence-electron chi connectivity index (χ4n) is 3.39. The normalized spacial score (nSPS) is 19.0. The van der Waals surface area contributed by atoms with Crippen molar-refractivity contribution in [1.29, 1.82) is 0 Å². The Hall–Kier alpha value is -0.500. The van der Waals surface area contributed by atoms with Crippen molar-refractivity contribution in [3.8, 4) is 0 Å². The molecule has 32 heavy (non-hydrogen) atoms. The first-order valence-corrected chi connectivity index (χ1v) is 13.4. The number of nitrogens with one attached hydrogen (secondary N) is 3. The number of nitrogens with zero attached hydrogens (tertiary/aromatic N) is 2. The largest absolute Gasteiger partial charge is 0.379 e. The van der Waals surface area contributed by atoms with Gasteiger partial charge in [0.15, 0.2) is 0 Å². The van der Waals surface area contributed by atoms with Gasteiger partial charge in [0.25, 0.3) is 0 Å². The number of hydrogen-bond donors (Lipinski definition) is 3. The van der Waals surface area contributed by atoms with Crippen LogP contribution in [0.5, 0.6) is 0 Å². The topological polar surface area (TPSA) is 51.8 Å². The molecule has 3 N–H and O–H groups in total. The first-order valence-electron chi connectivity index (χ1n) is 13.4. The lowest BCUT2D eigenvalue weighted by atomic mass is 10.0. The molecule has 0 unspecified atom stereocenters. The molecule has 0 radical (unpaired) electrons. The molecule has 0 bridgehead atoms. The maximum Gasteiger partial charge on any atom is 0.0594 e. The molecule has 3 aliphatic rings. The van der Waals surface area contributed by atoms with Gasteiger partial charge in [-0.25, -0.2) is 0 Å². The van der Waals surface area contributed by atoms with Crippen molar-refractivity contribution in [2.24, 2.45) is 0 Å². The molecule has 3 aliphatic heterocycles. The molecule has 3 saturated heterocycles. The van der Waals surface area contributed by atoms with Crippen LogP contribution in [-0.4, -0.2) is 101 Å². The van der Waals surface area contributed by atoms with Crippen LogP contribution in [0, 0.1) is 0 Å². The summed E-state index contributed by atoms with van der Waals surface area (Å²) in [5.41, 5.74) is 0. The molecule has 3 heterocycles. The molecular formula is C26H61N5O. The zero-order chi connectivity index (χ0) is 24.9. The number of piperazine rings is 1. The Bertz CT molecular complexity index is 285. The van der Waals surface area contributed by atoms with Crippen LogP contribution in [0.3, 0.4) is 0 Å². The van der Waals surface area contributed by atoms with Gasteiger partial charge >= 0.3 is 0 Å². The SMILES string of the molecule is C1CC(N2CCOCC2)CCN1.C=C.CC.CCC.CCN1CCNCC1.CCNCC. The lowest BCUT2D eigenvalue weighted by Gasteiger charge is -2.36. The fraction of sp³-hybridized carbons (Fsp3) is 0.923. The molecule has 0 atom stereocenters. The van der Waals surface area contributed by atoms with Gasteiger partial charge in [0.1, 0.15) is 0 Å². The highest BCUT2D eigenvalue weighted by Crippen LogP contribution is 2.12. The predicted molar refractivity (Wildman–Crippen MR) is 146 cm³/mol. The predicted octanol–water partition coefficient (Wildman–Crippen LogP) is 3.84. The number of likely N-dealkylation sites (N-methyl/N-ethyl adjacent to an activating group) is 1. The highest BCUT2D eigenvalue weighted by atomic mass is 16.5. The van der Waals surface area contributed by atoms with Gasteiger partial charge < -0.3 is 25.6 Å². The van der Waals surface area contributed by atoms with E-state index in [-0.39, 0.29) is 0 Å². The summed E-state index contributed by atoms with van der Waals surface area (Å²) in [6, 6.07) is 0.829. The zero-order valence-electron chi connectivity index (χ0n) is 23.1. The summed E-state index contributed by atoms with van der Waals surface area (Å²) in [7, 11) is 0. The quantitative estimate of drug-likeness (QED) is 0.555. The molecular weight excluding hydrogens is 398 g/mol. The van der Waals surface area contributed by atoms with Crippen molar-refractivity contribution < 1.29 is 4.74 Å². The lowest BCUT2D eigenvalue weighted by Crippen LogP contribution is -2.47. The van der Waals surface area contributed by atoms with Crippen LogP contribution in [0.25, 0.3) is 0 Å². The number of morpholine rings is 1. The zero-order valence-corrected chi connectivity index (χ0v) is 23.1. The minimum Gasteiger partial charge on any atom is -0.379 e. The maximum absolute atomic E-state index is 5.33. The van der Waals surface area contributed by atoms with Crippen molar-refractivity contribution in [1.82, 2.24) is 25.8 Å². The van der Waals surface area contributed by atoms with E-state index in [1.54, 1.807) is 0 Å². The summed E-state index contributed by atoms with van der Waals surface area (Å²) in [4.78, 5) is 5.04. The second kappa shape index (κ2) is 32.7. The van der Waals surface area contributed by atoms with Gasteiger partial charge in [-0.1, -0.05) is 54.9 Å². The first kappa shape index (κ1) is 36.1. The molecule has 0 saturated carbocycles. The van der Waals surface area contributed by atoms with Gasteiger partial charge in [0.05, 0.1) is 13.2 Å². The van der Waals surface area contributed by atoms with Crippen LogP contribution in [-0.2, 0) is 4.74 Å². The Morgan fingerprint density at radius 1 is 0.781 bits per heavy atom. The monoisotopic (exact) mass is 459 g/mol. The van der Waals surface area contributed by atoms with E-state index in [2.05, 4.69) is 73.5 Å². The Morgan fingerprint density at radius 2 is 1.22 bits per heavy atom. The molecule has 0 aromatic heterocycles. The van der Waals surface area contributed by atoms with Gasteiger partial charge in [0.2, 0.25) is 0 Å². The van der Waals surface area contributed by atoms with Crippen LogP contribution < -0.4 is 16.0 Å². The smallest absolute Gasteiger partial charge is 0.0594 e. The second-order valence-corrected chi connectivity index (χ2v) is 7.48. The van der Waals surface area contributed by atoms with Gasteiger partial charge in [-0.2, -0.15) is 0 Å². The average Bonchev–Trinajstić information content (AvgIpc) is 2.90. The van der Waals surface area contributed by atoms with E-state index in [0.717, 1.165) is 45.4 Å². The van der Waals surface area contributed by atoms with E-state index in [9.17, 15) is 0 Å². The number of rotatable bonds is 4. The Balaban J connectivity index is -0.000000367. The first-order chi connectivity index (χ1) is 15.7. The van der Waals surface area contributed by atoms with Gasteiger partial charge in [-0.15, -0.1) is 13.2 Å². The second-order valence-electron chi connectivity index (χ2n) is 7.48. The molecule has 0 aromatic rings. The van der Waals surface area contributed by atoms with E-state index in [1.165, 1.54) is 65.1 Å². The summed E-state index contributed by atoms with van der Waals surface area (Å²) in [5.74, 6) is 0. The van der Waals surface area contributed by atoms with Gasteiger partial charge in [-0.3, -0.25) is 4.90 Å². The Morgan fingerprint density at radius 3 is 1.56 bits per heavy atom. The minimum atomic E-state index is 0.829. The third-order valence-electron chi connectivity index (χ3n) is 5.03. The molecule has 6 nitrogen and oxygen atoms in total. The van der Waals surface area contributed by atoms with Crippen LogP contribution >= 0.6 is 0 Å². The van der Waals surface area contributed by atoms with Crippen LogP contribution in [0.4, 0.5) is 0 Å². The molecule has 196 valence electrons. The third-order valence-corrected chi connectivity index (χ3v) is 5.03. The van der Waals surface area contributed by atoms with E-state index in [1.807, 2.05) is 13.8 Å². The fourth-order valence-corrected chi connectivity index (χ4v) is 3.39. The number of ether oxygens (including phenoxy) is 1. The summed E-state index contributed by atoms with van der Waals surface area (Å²) in [5, 5.41) is 9.81. The molecule has 6 heteroatoms. The average molecular weight is 460 g/mol. The molecule has 0 aliphatic carbocycles. The summed E-state index contributed by atoms with van der Waals surface area (Å²) in [6.07, 6.45) is 3.89. The summed E-state index contributed by atoms with van der Waals surface area (Å²) < 4.78 is 5.33. The third kappa shape index (κ3) is 24.1. The Kier molecular flexibility index (Phi) is 36.8. The molecule has 3 rings (SSSR count). The maximum atomic E-state index is 5.33. The van der Waals surface area contributed by atoms with E-state index < -0.39 is 0 Å². The molecule has 0 spiro atoms. The highest BCUT2D eigenvalue weighted by molar-refractivity contribution is 4.78. The number of hydrogen-bond acceptors (Lipinski definition) is 6. The molecule has 0 amide bonds. The van der Waals surface area contributed by atoms with E-state index >= 15 is 0 Å². The van der Waals surface area contributed by atoms with Crippen LogP contribution in [0.15, 0.2) is 13.2 Å². The van der Waals surface area contributed by atoms with Crippen molar-refractivity contribution in [3.05, 3.63) is 13.2 Å². The minimum absolute atomic E-state index is 0.829. The van der Waals surface area contributed by atoms with Crippen LogP contribution in [0.2, 0.25) is 0 Å². The Labute approximate surface area is 202 Å². The standard InChI is InChI=1S/C9H18N2O.C6H14N2.C4H11N.C3H8.C2H6.C2H4/c1-3-10-4-2-9(1)11-5-7-12-8-6-11;1-2-8-5-3-7-4-6-8;1-3-5-4-2;1-3-2;2*1-2/h9-10H,1-8H2;7H,2-6H2,1H3;5H,3-4H2,1-2H3;3H2,1-2H3;1-2H3;1-2H2. The van der Waals surface area contributed by atoms with Crippen molar-refractivity contribution in [2.45, 2.75) is 73.8 Å². The molecule has 3 fully saturated rings. The molecule has 0 aromatic carbocycles. The lowest BCUT2D eigenvalue weighted by molar-refractivity contribution is 0.0101. The number of piperidine rings is 1. The van der Waals surface area contributed by atoms with E-state index in [4.69, 9.17) is 4.74 Å². The van der Waals surface area contributed by atoms with E-state index in [0.29, 0.717) is 0 Å². The summed E-state index contributed by atoms with van der Waals surface area (Å²) >= 11 is 0. The van der Waals surface area contributed by atoms with Crippen molar-refractivity contribution in [2.75, 3.05) is 85.2 Å². The highest BCUT2D eigenvalue weighted by Gasteiger charge is 2.22. The van der Waals surface area contributed by atoms with Gasteiger partial charge in [-0.05, 0) is 45.6 Å². The van der Waals surface area contributed by atoms with Crippen LogP contribution in [0.1, 0.15) is 67.7 Å². The van der Waals surface area contributed by atoms with Crippen molar-refractivity contribution >= 4 is 0 Å².